The number of benzene rings is 1. The van der Waals surface area contributed by atoms with Gasteiger partial charge in [-0.1, -0.05) is 12.1 Å². The first-order valence-electron chi connectivity index (χ1n) is 7.61. The Hall–Kier alpha value is -2.21. The summed E-state index contributed by atoms with van der Waals surface area (Å²) in [5.41, 5.74) is 1.29. The number of hydrogen-bond donors (Lipinski definition) is 2. The summed E-state index contributed by atoms with van der Waals surface area (Å²) < 4.78 is 0. The zero-order valence-corrected chi connectivity index (χ0v) is 12.3. The van der Waals surface area contributed by atoms with E-state index in [1.807, 2.05) is 0 Å². The van der Waals surface area contributed by atoms with Crippen LogP contribution in [0.4, 0.5) is 10.5 Å². The lowest BCUT2D eigenvalue weighted by Gasteiger charge is -2.27. The first-order chi connectivity index (χ1) is 10.6. The van der Waals surface area contributed by atoms with E-state index in [0.29, 0.717) is 17.8 Å². The summed E-state index contributed by atoms with van der Waals surface area (Å²) in [6.45, 7) is 2.08. The van der Waals surface area contributed by atoms with Crippen molar-refractivity contribution in [3.63, 3.8) is 0 Å². The molecule has 0 unspecified atom stereocenters. The minimum atomic E-state index is -0.428. The Morgan fingerprint density at radius 1 is 1.18 bits per heavy atom. The number of Topliss-reactive ketones (excluding diaryl/α,β-unsaturated/α-hetero) is 1. The maximum atomic E-state index is 12.6. The third-order valence-corrected chi connectivity index (χ3v) is 4.21. The van der Waals surface area contributed by atoms with Crippen LogP contribution in [0.2, 0.25) is 0 Å². The second-order valence-corrected chi connectivity index (χ2v) is 5.69. The lowest BCUT2D eigenvalue weighted by molar-refractivity contribution is -0.120. The standard InChI is InChI=1S/C16H19N3O3/c20-14-6-9-19(16(22)18-14)13-3-1-2-12(10-13)15(21)11-4-7-17-8-5-11/h1-3,10-11,17H,4-9H2,(H,18,20,22). The minimum Gasteiger partial charge on any atom is -0.317 e. The molecule has 6 nitrogen and oxygen atoms in total. The first kappa shape index (κ1) is 14.7. The van der Waals surface area contributed by atoms with E-state index in [-0.39, 0.29) is 24.0 Å². The van der Waals surface area contributed by atoms with E-state index < -0.39 is 6.03 Å². The number of carbonyl (C=O) groups is 3. The van der Waals surface area contributed by atoms with Gasteiger partial charge in [0.15, 0.2) is 5.78 Å². The number of urea groups is 1. The molecule has 1 aromatic rings. The molecule has 22 heavy (non-hydrogen) atoms. The molecule has 3 amide bonds. The molecule has 2 fully saturated rings. The Labute approximate surface area is 128 Å². The Morgan fingerprint density at radius 2 is 1.95 bits per heavy atom. The van der Waals surface area contributed by atoms with Crippen molar-refractivity contribution >= 4 is 23.4 Å². The van der Waals surface area contributed by atoms with Crippen molar-refractivity contribution < 1.29 is 14.4 Å². The molecule has 0 bridgehead atoms. The van der Waals surface area contributed by atoms with Crippen molar-refractivity contribution in [2.75, 3.05) is 24.5 Å². The summed E-state index contributed by atoms with van der Waals surface area (Å²) in [5.74, 6) is -0.0757. The molecule has 116 valence electrons. The summed E-state index contributed by atoms with van der Waals surface area (Å²) >= 11 is 0. The number of piperidine rings is 1. The van der Waals surface area contributed by atoms with Crippen LogP contribution in [0.15, 0.2) is 24.3 Å². The molecule has 2 saturated heterocycles. The molecule has 0 atom stereocenters. The largest absolute Gasteiger partial charge is 0.328 e. The molecule has 3 rings (SSSR count). The summed E-state index contributed by atoms with van der Waals surface area (Å²) in [5, 5.41) is 5.54. The van der Waals surface area contributed by atoms with Gasteiger partial charge in [0.1, 0.15) is 0 Å². The molecule has 0 saturated carbocycles. The smallest absolute Gasteiger partial charge is 0.317 e. The molecule has 0 radical (unpaired) electrons. The molecule has 6 heteroatoms. The second-order valence-electron chi connectivity index (χ2n) is 5.69. The number of nitrogens with one attached hydrogen (secondary N) is 2. The van der Waals surface area contributed by atoms with Crippen LogP contribution in [0.5, 0.6) is 0 Å². The maximum Gasteiger partial charge on any atom is 0.328 e. The molecule has 1 aromatic carbocycles. The monoisotopic (exact) mass is 301 g/mol. The van der Waals surface area contributed by atoms with Gasteiger partial charge in [0.05, 0.1) is 0 Å². The van der Waals surface area contributed by atoms with Gasteiger partial charge in [-0.05, 0) is 38.1 Å². The predicted octanol–water partition coefficient (Wildman–Crippen LogP) is 1.32. The average Bonchev–Trinajstić information content (AvgIpc) is 2.55. The summed E-state index contributed by atoms with van der Waals surface area (Å²) in [4.78, 5) is 37.2. The van der Waals surface area contributed by atoms with Crippen molar-refractivity contribution in [2.24, 2.45) is 5.92 Å². The highest BCUT2D eigenvalue weighted by Gasteiger charge is 2.26. The molecule has 0 aromatic heterocycles. The van der Waals surface area contributed by atoms with Gasteiger partial charge in [-0.3, -0.25) is 19.8 Å². The van der Waals surface area contributed by atoms with Gasteiger partial charge in [-0.2, -0.15) is 0 Å². The van der Waals surface area contributed by atoms with Gasteiger partial charge in [-0.15, -0.1) is 0 Å². The molecule has 0 aliphatic carbocycles. The van der Waals surface area contributed by atoms with Gasteiger partial charge in [-0.25, -0.2) is 4.79 Å². The number of rotatable bonds is 3. The zero-order chi connectivity index (χ0) is 15.5. The number of carbonyl (C=O) groups excluding carboxylic acids is 3. The third-order valence-electron chi connectivity index (χ3n) is 4.21. The number of nitrogens with zero attached hydrogens (tertiary/aromatic N) is 1. The van der Waals surface area contributed by atoms with Gasteiger partial charge < -0.3 is 5.32 Å². The predicted molar refractivity (Wildman–Crippen MR) is 81.9 cm³/mol. The van der Waals surface area contributed by atoms with Gasteiger partial charge in [0.2, 0.25) is 5.91 Å². The van der Waals surface area contributed by atoms with Gasteiger partial charge >= 0.3 is 6.03 Å². The van der Waals surface area contributed by atoms with E-state index in [2.05, 4.69) is 10.6 Å². The fourth-order valence-electron chi connectivity index (χ4n) is 2.96. The Balaban J connectivity index is 1.78. The number of amides is 3. The average molecular weight is 301 g/mol. The maximum absolute atomic E-state index is 12.6. The van der Waals surface area contributed by atoms with Crippen LogP contribution in [0, 0.1) is 5.92 Å². The van der Waals surface area contributed by atoms with E-state index in [0.717, 1.165) is 25.9 Å². The number of anilines is 1. The zero-order valence-electron chi connectivity index (χ0n) is 12.3. The van der Waals surface area contributed by atoms with E-state index in [1.165, 1.54) is 4.90 Å². The molecule has 0 spiro atoms. The van der Waals surface area contributed by atoms with E-state index in [1.54, 1.807) is 24.3 Å². The third kappa shape index (κ3) is 3.01. The van der Waals surface area contributed by atoms with Crippen molar-refractivity contribution in [3.05, 3.63) is 29.8 Å². The van der Waals surface area contributed by atoms with E-state index in [4.69, 9.17) is 0 Å². The number of ketones is 1. The Morgan fingerprint density at radius 3 is 2.68 bits per heavy atom. The van der Waals surface area contributed by atoms with Crippen LogP contribution < -0.4 is 15.5 Å². The molecular weight excluding hydrogens is 282 g/mol. The minimum absolute atomic E-state index is 0.0493. The number of hydrogen-bond acceptors (Lipinski definition) is 4. The van der Waals surface area contributed by atoms with Crippen molar-refractivity contribution in [1.82, 2.24) is 10.6 Å². The van der Waals surface area contributed by atoms with Crippen LogP contribution in [-0.4, -0.2) is 37.4 Å². The number of imide groups is 1. The fourth-order valence-corrected chi connectivity index (χ4v) is 2.96. The SMILES string of the molecule is O=C1CCN(c2cccc(C(=O)C3CCNCC3)c2)C(=O)N1. The van der Waals surface area contributed by atoms with E-state index in [9.17, 15) is 14.4 Å². The molecule has 2 N–H and O–H groups in total. The van der Waals surface area contributed by atoms with Crippen molar-refractivity contribution in [3.8, 4) is 0 Å². The highest BCUT2D eigenvalue weighted by Crippen LogP contribution is 2.23. The molecule has 2 heterocycles. The van der Waals surface area contributed by atoms with Crippen LogP contribution >= 0.6 is 0 Å². The second kappa shape index (κ2) is 6.27. The van der Waals surface area contributed by atoms with Gasteiger partial charge in [0.25, 0.3) is 0 Å². The summed E-state index contributed by atoms with van der Waals surface area (Å²) in [7, 11) is 0. The van der Waals surface area contributed by atoms with Crippen LogP contribution in [0.1, 0.15) is 29.6 Å². The lowest BCUT2D eigenvalue weighted by atomic mass is 9.89. The van der Waals surface area contributed by atoms with Crippen LogP contribution in [0.3, 0.4) is 0 Å². The highest BCUT2D eigenvalue weighted by molar-refractivity contribution is 6.06. The molecule has 2 aliphatic rings. The Bertz CT molecular complexity index is 608. The van der Waals surface area contributed by atoms with Crippen molar-refractivity contribution in [2.45, 2.75) is 19.3 Å². The normalized spacial score (nSPS) is 19.9. The quantitative estimate of drug-likeness (QED) is 0.825. The topological polar surface area (TPSA) is 78.5 Å². The van der Waals surface area contributed by atoms with Crippen LogP contribution in [-0.2, 0) is 4.79 Å². The first-order valence-corrected chi connectivity index (χ1v) is 7.61. The summed E-state index contributed by atoms with van der Waals surface area (Å²) in [6.07, 6.45) is 1.97. The highest BCUT2D eigenvalue weighted by atomic mass is 16.2. The van der Waals surface area contributed by atoms with E-state index >= 15 is 0 Å². The molecular formula is C16H19N3O3. The molecule has 2 aliphatic heterocycles. The van der Waals surface area contributed by atoms with Gasteiger partial charge in [0, 0.05) is 30.1 Å². The Kier molecular flexibility index (Phi) is 4.20. The van der Waals surface area contributed by atoms with Crippen molar-refractivity contribution in [1.29, 1.82) is 0 Å². The lowest BCUT2D eigenvalue weighted by Crippen LogP contribution is -2.49. The summed E-state index contributed by atoms with van der Waals surface area (Å²) in [6, 6.07) is 6.69. The fraction of sp³-hybridized carbons (Fsp3) is 0.438. The van der Waals surface area contributed by atoms with Crippen LogP contribution in [0.25, 0.3) is 0 Å².